The SMILES string of the molecule is COc1ccc(OC)c(C(C)NC(=O)c2c(C)oc(C)c2C)c1. The van der Waals surface area contributed by atoms with Crippen molar-refractivity contribution < 1.29 is 18.7 Å². The van der Waals surface area contributed by atoms with Crippen molar-refractivity contribution in [3.8, 4) is 11.5 Å². The van der Waals surface area contributed by atoms with Gasteiger partial charge in [0.05, 0.1) is 25.8 Å². The summed E-state index contributed by atoms with van der Waals surface area (Å²) in [4.78, 5) is 12.6. The van der Waals surface area contributed by atoms with Crippen molar-refractivity contribution in [2.75, 3.05) is 14.2 Å². The summed E-state index contributed by atoms with van der Waals surface area (Å²) < 4.78 is 16.2. The molecule has 1 aromatic heterocycles. The molecule has 1 amide bonds. The molecule has 1 unspecified atom stereocenters. The van der Waals surface area contributed by atoms with E-state index < -0.39 is 0 Å². The number of nitrogens with one attached hydrogen (secondary N) is 1. The van der Waals surface area contributed by atoms with Gasteiger partial charge in [-0.25, -0.2) is 0 Å². The van der Waals surface area contributed by atoms with Crippen molar-refractivity contribution in [2.45, 2.75) is 33.7 Å². The van der Waals surface area contributed by atoms with Gasteiger partial charge in [-0.3, -0.25) is 4.79 Å². The molecule has 1 atom stereocenters. The first-order valence-corrected chi connectivity index (χ1v) is 7.48. The maximum Gasteiger partial charge on any atom is 0.255 e. The minimum absolute atomic E-state index is 0.158. The number of amides is 1. The molecule has 0 saturated carbocycles. The molecule has 5 heteroatoms. The van der Waals surface area contributed by atoms with Crippen molar-refractivity contribution in [1.29, 1.82) is 0 Å². The van der Waals surface area contributed by atoms with Crippen LogP contribution in [0.4, 0.5) is 0 Å². The van der Waals surface area contributed by atoms with Gasteiger partial charge in [0.1, 0.15) is 23.0 Å². The van der Waals surface area contributed by atoms with Crippen LogP contribution in [0, 0.1) is 20.8 Å². The Bertz CT molecular complexity index is 718. The molecule has 0 spiro atoms. The molecule has 124 valence electrons. The summed E-state index contributed by atoms with van der Waals surface area (Å²) in [5.41, 5.74) is 2.32. The lowest BCUT2D eigenvalue weighted by molar-refractivity contribution is 0.0937. The van der Waals surface area contributed by atoms with Crippen molar-refractivity contribution in [3.63, 3.8) is 0 Å². The normalized spacial score (nSPS) is 11.9. The summed E-state index contributed by atoms with van der Waals surface area (Å²) in [5.74, 6) is 2.65. The van der Waals surface area contributed by atoms with Gasteiger partial charge >= 0.3 is 0 Å². The lowest BCUT2D eigenvalue weighted by Gasteiger charge is -2.18. The zero-order valence-electron chi connectivity index (χ0n) is 14.4. The van der Waals surface area contributed by atoms with Crippen molar-refractivity contribution in [2.24, 2.45) is 0 Å². The molecule has 0 aliphatic carbocycles. The van der Waals surface area contributed by atoms with Crippen LogP contribution in [0.1, 0.15) is 46.0 Å². The number of hydrogen-bond donors (Lipinski definition) is 1. The van der Waals surface area contributed by atoms with Crippen molar-refractivity contribution in [1.82, 2.24) is 5.32 Å². The van der Waals surface area contributed by atoms with Gasteiger partial charge in [-0.15, -0.1) is 0 Å². The number of carbonyl (C=O) groups is 1. The standard InChI is InChI=1S/C18H23NO4/c1-10-12(3)23-13(4)17(10)18(20)19-11(2)15-9-14(21-5)7-8-16(15)22-6/h7-9,11H,1-6H3,(H,19,20). The number of hydrogen-bond acceptors (Lipinski definition) is 4. The van der Waals surface area contributed by atoms with Gasteiger partial charge in [-0.2, -0.15) is 0 Å². The number of benzene rings is 1. The third-order valence-corrected chi connectivity index (χ3v) is 4.04. The van der Waals surface area contributed by atoms with Crippen LogP contribution in [0.3, 0.4) is 0 Å². The minimum atomic E-state index is -0.235. The fourth-order valence-electron chi connectivity index (χ4n) is 2.65. The van der Waals surface area contributed by atoms with Crippen LogP contribution in [-0.2, 0) is 0 Å². The van der Waals surface area contributed by atoms with Crippen molar-refractivity contribution >= 4 is 5.91 Å². The highest BCUT2D eigenvalue weighted by Gasteiger charge is 2.22. The first kappa shape index (κ1) is 16.9. The molecule has 1 heterocycles. The number of furan rings is 1. The van der Waals surface area contributed by atoms with E-state index in [9.17, 15) is 4.79 Å². The molecule has 23 heavy (non-hydrogen) atoms. The summed E-state index contributed by atoms with van der Waals surface area (Å²) in [5, 5.41) is 3.00. The lowest BCUT2D eigenvalue weighted by atomic mass is 10.0. The first-order valence-electron chi connectivity index (χ1n) is 7.48. The molecule has 5 nitrogen and oxygen atoms in total. The molecule has 0 bridgehead atoms. The summed E-state index contributed by atoms with van der Waals surface area (Å²) in [6.45, 7) is 7.45. The van der Waals surface area contributed by atoms with Gasteiger partial charge in [0.25, 0.3) is 5.91 Å². The highest BCUT2D eigenvalue weighted by molar-refractivity contribution is 5.97. The second-order valence-corrected chi connectivity index (χ2v) is 5.52. The van der Waals surface area contributed by atoms with E-state index in [1.54, 1.807) is 21.1 Å². The van der Waals surface area contributed by atoms with E-state index in [1.807, 2.05) is 39.0 Å². The van der Waals surface area contributed by atoms with E-state index in [-0.39, 0.29) is 11.9 Å². The quantitative estimate of drug-likeness (QED) is 0.913. The Balaban J connectivity index is 2.28. The molecule has 0 fully saturated rings. The number of methoxy groups -OCH3 is 2. The van der Waals surface area contributed by atoms with Gasteiger partial charge in [-0.1, -0.05) is 0 Å². The minimum Gasteiger partial charge on any atom is -0.497 e. The average molecular weight is 317 g/mol. The predicted octanol–water partition coefficient (Wildman–Crippen LogP) is 3.71. The van der Waals surface area contributed by atoms with Gasteiger partial charge in [-0.05, 0) is 45.9 Å². The second-order valence-electron chi connectivity index (χ2n) is 5.52. The molecular weight excluding hydrogens is 294 g/mol. The number of ether oxygens (including phenoxy) is 2. The Kier molecular flexibility index (Phi) is 4.98. The lowest BCUT2D eigenvalue weighted by Crippen LogP contribution is -2.27. The summed E-state index contributed by atoms with van der Waals surface area (Å²) in [6.07, 6.45) is 0. The van der Waals surface area contributed by atoms with Gasteiger partial charge in [0.15, 0.2) is 0 Å². The van der Waals surface area contributed by atoms with Crippen LogP contribution in [0.5, 0.6) is 11.5 Å². The zero-order valence-corrected chi connectivity index (χ0v) is 14.4. The number of rotatable bonds is 5. The Morgan fingerprint density at radius 2 is 1.83 bits per heavy atom. The molecule has 0 saturated heterocycles. The van der Waals surface area contributed by atoms with Crippen LogP contribution in [0.25, 0.3) is 0 Å². The van der Waals surface area contributed by atoms with Crippen LogP contribution in [0.2, 0.25) is 0 Å². The molecule has 2 aromatic rings. The average Bonchev–Trinajstić information content (AvgIpc) is 2.79. The summed E-state index contributed by atoms with van der Waals surface area (Å²) in [6, 6.07) is 5.28. The van der Waals surface area contributed by atoms with E-state index in [0.717, 1.165) is 16.9 Å². The highest BCUT2D eigenvalue weighted by atomic mass is 16.5. The van der Waals surface area contributed by atoms with E-state index >= 15 is 0 Å². The maximum absolute atomic E-state index is 12.6. The van der Waals surface area contributed by atoms with Crippen LogP contribution in [0.15, 0.2) is 22.6 Å². The van der Waals surface area contributed by atoms with Crippen LogP contribution in [-0.4, -0.2) is 20.1 Å². The van der Waals surface area contributed by atoms with Crippen LogP contribution < -0.4 is 14.8 Å². The van der Waals surface area contributed by atoms with Crippen molar-refractivity contribution in [3.05, 3.63) is 46.4 Å². The fourth-order valence-corrected chi connectivity index (χ4v) is 2.65. The fraction of sp³-hybridized carbons (Fsp3) is 0.389. The number of aryl methyl sites for hydroxylation is 2. The summed E-state index contributed by atoms with van der Waals surface area (Å²) >= 11 is 0. The molecule has 2 rings (SSSR count). The van der Waals surface area contributed by atoms with E-state index in [0.29, 0.717) is 22.8 Å². The highest BCUT2D eigenvalue weighted by Crippen LogP contribution is 2.30. The van der Waals surface area contributed by atoms with E-state index in [2.05, 4.69) is 5.32 Å². The Hall–Kier alpha value is -2.43. The Morgan fingerprint density at radius 3 is 2.35 bits per heavy atom. The third-order valence-electron chi connectivity index (χ3n) is 4.04. The summed E-state index contributed by atoms with van der Waals surface area (Å²) in [7, 11) is 3.21. The second kappa shape index (κ2) is 6.77. The maximum atomic E-state index is 12.6. The third kappa shape index (κ3) is 3.33. The topological polar surface area (TPSA) is 60.7 Å². The first-order chi connectivity index (χ1) is 10.9. The molecule has 1 aromatic carbocycles. The Morgan fingerprint density at radius 1 is 1.13 bits per heavy atom. The van der Waals surface area contributed by atoms with Crippen LogP contribution >= 0.6 is 0 Å². The molecule has 0 aliphatic rings. The van der Waals surface area contributed by atoms with Gasteiger partial charge in [0, 0.05) is 11.1 Å². The van der Waals surface area contributed by atoms with Gasteiger partial charge < -0.3 is 19.2 Å². The van der Waals surface area contributed by atoms with E-state index in [4.69, 9.17) is 13.9 Å². The predicted molar refractivity (Wildman–Crippen MR) is 88.3 cm³/mol. The Labute approximate surface area is 136 Å². The largest absolute Gasteiger partial charge is 0.497 e. The number of carbonyl (C=O) groups excluding carboxylic acids is 1. The zero-order chi connectivity index (χ0) is 17.1. The molecular formula is C18H23NO4. The smallest absolute Gasteiger partial charge is 0.255 e. The van der Waals surface area contributed by atoms with E-state index in [1.165, 1.54) is 0 Å². The monoisotopic (exact) mass is 317 g/mol. The molecule has 0 radical (unpaired) electrons. The van der Waals surface area contributed by atoms with Gasteiger partial charge in [0.2, 0.25) is 0 Å². The molecule has 1 N–H and O–H groups in total. The molecule has 0 aliphatic heterocycles.